The summed E-state index contributed by atoms with van der Waals surface area (Å²) in [6, 6.07) is 66.5. The number of hydrogen-bond donors (Lipinski definition) is 0. The lowest BCUT2D eigenvalue weighted by atomic mass is 10.1. The van der Waals surface area contributed by atoms with Crippen molar-refractivity contribution in [3.05, 3.63) is 188 Å². The first-order valence-electron chi connectivity index (χ1n) is 18.8. The molecule has 0 bridgehead atoms. The summed E-state index contributed by atoms with van der Waals surface area (Å²) < 4.78 is 15.3. The lowest BCUT2D eigenvalue weighted by Gasteiger charge is -2.34. The van der Waals surface area contributed by atoms with Gasteiger partial charge in [0.1, 0.15) is 28.1 Å². The molecule has 0 spiro atoms. The maximum atomic E-state index is 6.45. The Hall–Kier alpha value is -7.15. The summed E-state index contributed by atoms with van der Waals surface area (Å²) in [5.74, 6) is 1.12. The van der Waals surface area contributed by atoms with Gasteiger partial charge in [0.15, 0.2) is 0 Å². The van der Waals surface area contributed by atoms with Crippen LogP contribution in [0.2, 0.25) is 0 Å². The Bertz CT molecular complexity index is 3210. The Labute approximate surface area is 326 Å². The fraction of sp³-hybridized carbons (Fsp3) is 0. The first-order valence-corrected chi connectivity index (χ1v) is 19.6. The first-order chi connectivity index (χ1) is 27.8. The second-order valence-electron chi connectivity index (χ2n) is 14.2. The second kappa shape index (κ2) is 12.2. The molecule has 4 heterocycles. The van der Waals surface area contributed by atoms with Gasteiger partial charge in [-0.15, -0.1) is 0 Å². The number of fused-ring (bicyclic) bond motifs is 10. The quantitative estimate of drug-likeness (QED) is 0.176. The summed E-state index contributed by atoms with van der Waals surface area (Å²) in [7, 11) is 0. The highest BCUT2D eigenvalue weighted by Crippen LogP contribution is 2.56. The van der Waals surface area contributed by atoms with Crippen LogP contribution in [0, 0.1) is 0 Å². The van der Waals surface area contributed by atoms with Crippen LogP contribution in [0.4, 0.5) is 34.3 Å². The summed E-state index contributed by atoms with van der Waals surface area (Å²) in [4.78, 5) is 7.18. The number of rotatable bonds is 5. The zero-order chi connectivity index (χ0) is 36.7. The van der Waals surface area contributed by atoms with Crippen LogP contribution in [0.25, 0.3) is 60.5 Å². The fourth-order valence-electron chi connectivity index (χ4n) is 8.48. The summed E-state index contributed by atoms with van der Waals surface area (Å²) >= 11 is 1.84. The van der Waals surface area contributed by atoms with Gasteiger partial charge in [0.25, 0.3) is 0 Å². The Morgan fingerprint density at radius 3 is 1.68 bits per heavy atom. The highest BCUT2D eigenvalue weighted by atomic mass is 32.2. The molecule has 0 amide bonds. The average Bonchev–Trinajstić information content (AvgIpc) is 3.92. The van der Waals surface area contributed by atoms with Crippen LogP contribution in [0.3, 0.4) is 0 Å². The molecule has 0 saturated heterocycles. The minimum Gasteiger partial charge on any atom is -0.456 e. The van der Waals surface area contributed by atoms with Gasteiger partial charge < -0.3 is 13.7 Å². The summed E-state index contributed by atoms with van der Waals surface area (Å²) in [5.41, 5.74) is 10.9. The molecular formula is C50H31N3O2S. The molecule has 0 aliphatic carbocycles. The van der Waals surface area contributed by atoms with Crippen molar-refractivity contribution >= 4 is 101 Å². The van der Waals surface area contributed by atoms with E-state index in [9.17, 15) is 0 Å². The van der Waals surface area contributed by atoms with E-state index in [4.69, 9.17) is 8.83 Å². The Morgan fingerprint density at radius 2 is 0.964 bits per heavy atom. The second-order valence-corrected chi connectivity index (χ2v) is 15.2. The Kier molecular flexibility index (Phi) is 6.79. The van der Waals surface area contributed by atoms with Gasteiger partial charge in [-0.1, -0.05) is 103 Å². The predicted octanol–water partition coefficient (Wildman–Crippen LogP) is 14.8. The van der Waals surface area contributed by atoms with Crippen LogP contribution in [0.1, 0.15) is 0 Å². The van der Waals surface area contributed by atoms with E-state index < -0.39 is 0 Å². The van der Waals surface area contributed by atoms with Crippen molar-refractivity contribution in [3.63, 3.8) is 0 Å². The number of aromatic nitrogens is 1. The molecule has 1 aliphatic rings. The lowest BCUT2D eigenvalue weighted by Crippen LogP contribution is -2.18. The SMILES string of the molecule is c1ccc(-n2c3c(c4ccccc42)Sc2ccccc2N3c2cccc(N(c3ccc4c(c3)oc3ccccc34)c3ccc4c(c3)oc3ccccc34)c2)cc1. The van der Waals surface area contributed by atoms with Crippen molar-refractivity contribution < 1.29 is 8.83 Å². The standard InChI is InChI=1S/C50H31N3O2S/c1-2-13-32(14-3-1)52-42-20-7-4-19-41(42)49-50(52)53(43-21-8-11-24-48(43)56-49)34-16-12-15-33(29-34)51(35-25-27-39-37-17-5-9-22-44(37)54-46(39)30-35)36-26-28-40-38-18-6-10-23-45(38)55-47(40)31-36/h1-31H. The van der Waals surface area contributed by atoms with E-state index in [1.54, 1.807) is 0 Å². The van der Waals surface area contributed by atoms with Gasteiger partial charge in [-0.3, -0.25) is 9.47 Å². The molecule has 8 aromatic carbocycles. The topological polar surface area (TPSA) is 37.7 Å². The van der Waals surface area contributed by atoms with E-state index >= 15 is 0 Å². The van der Waals surface area contributed by atoms with Gasteiger partial charge in [0.2, 0.25) is 0 Å². The van der Waals surface area contributed by atoms with Crippen LogP contribution < -0.4 is 9.80 Å². The van der Waals surface area contributed by atoms with Gasteiger partial charge in [-0.05, 0) is 84.9 Å². The third-order valence-electron chi connectivity index (χ3n) is 10.9. The minimum atomic E-state index is 0.841. The molecule has 6 heteroatoms. The van der Waals surface area contributed by atoms with Gasteiger partial charge in [-0.25, -0.2) is 0 Å². The molecule has 56 heavy (non-hydrogen) atoms. The maximum Gasteiger partial charge on any atom is 0.137 e. The van der Waals surface area contributed by atoms with Gasteiger partial charge in [-0.2, -0.15) is 0 Å². The monoisotopic (exact) mass is 737 g/mol. The number of para-hydroxylation sites is 5. The molecule has 0 saturated carbocycles. The summed E-state index contributed by atoms with van der Waals surface area (Å²) in [5, 5.41) is 5.63. The molecule has 0 N–H and O–H groups in total. The van der Waals surface area contributed by atoms with Gasteiger partial charge >= 0.3 is 0 Å². The largest absolute Gasteiger partial charge is 0.456 e. The van der Waals surface area contributed by atoms with E-state index in [0.717, 1.165) is 83.8 Å². The number of furan rings is 2. The molecule has 0 radical (unpaired) electrons. The number of benzene rings is 8. The summed E-state index contributed by atoms with van der Waals surface area (Å²) in [6.45, 7) is 0. The van der Waals surface area contributed by atoms with E-state index in [1.165, 1.54) is 20.7 Å². The van der Waals surface area contributed by atoms with E-state index in [0.29, 0.717) is 0 Å². The first kappa shape index (κ1) is 31.2. The van der Waals surface area contributed by atoms with Crippen LogP contribution >= 0.6 is 11.8 Å². The molecule has 0 fully saturated rings. The molecular weight excluding hydrogens is 707 g/mol. The van der Waals surface area contributed by atoms with Crippen LogP contribution in [0.15, 0.2) is 207 Å². The van der Waals surface area contributed by atoms with E-state index in [2.05, 4.69) is 178 Å². The van der Waals surface area contributed by atoms with Crippen molar-refractivity contribution in [1.29, 1.82) is 0 Å². The highest BCUT2D eigenvalue weighted by molar-refractivity contribution is 8.00. The van der Waals surface area contributed by atoms with Crippen LogP contribution in [0.5, 0.6) is 0 Å². The minimum absolute atomic E-state index is 0.841. The fourth-order valence-corrected chi connectivity index (χ4v) is 9.66. The molecule has 1 aliphatic heterocycles. The van der Waals surface area contributed by atoms with Gasteiger partial charge in [0.05, 0.1) is 16.1 Å². The van der Waals surface area contributed by atoms with Crippen molar-refractivity contribution in [3.8, 4) is 5.69 Å². The molecule has 0 unspecified atom stereocenters. The smallest absolute Gasteiger partial charge is 0.137 e. The van der Waals surface area contributed by atoms with Gasteiger partial charge in [0, 0.05) is 72.4 Å². The third kappa shape index (κ3) is 4.69. The zero-order valence-electron chi connectivity index (χ0n) is 30.0. The van der Waals surface area contributed by atoms with Crippen molar-refractivity contribution in [2.24, 2.45) is 0 Å². The highest BCUT2D eigenvalue weighted by Gasteiger charge is 2.32. The molecule has 264 valence electrons. The Balaban J connectivity index is 1.09. The van der Waals surface area contributed by atoms with Crippen LogP contribution in [-0.4, -0.2) is 4.57 Å². The van der Waals surface area contributed by atoms with E-state index in [-0.39, 0.29) is 0 Å². The maximum absolute atomic E-state index is 6.45. The molecule has 11 aromatic rings. The third-order valence-corrected chi connectivity index (χ3v) is 12.1. The predicted molar refractivity (Wildman–Crippen MR) is 231 cm³/mol. The summed E-state index contributed by atoms with van der Waals surface area (Å²) in [6.07, 6.45) is 0. The number of nitrogens with zero attached hydrogens (tertiary/aromatic N) is 3. The lowest BCUT2D eigenvalue weighted by molar-refractivity contribution is 0.669. The van der Waals surface area contributed by atoms with E-state index in [1.807, 2.05) is 36.0 Å². The number of anilines is 6. The molecule has 5 nitrogen and oxygen atoms in total. The van der Waals surface area contributed by atoms with Crippen molar-refractivity contribution in [1.82, 2.24) is 4.57 Å². The molecule has 12 rings (SSSR count). The van der Waals surface area contributed by atoms with Crippen molar-refractivity contribution in [2.75, 3.05) is 9.80 Å². The molecule has 0 atom stereocenters. The number of hydrogen-bond acceptors (Lipinski definition) is 5. The average molecular weight is 738 g/mol. The normalized spacial score (nSPS) is 12.5. The van der Waals surface area contributed by atoms with Crippen molar-refractivity contribution in [2.45, 2.75) is 9.79 Å². The zero-order valence-corrected chi connectivity index (χ0v) is 30.8. The molecule has 3 aromatic heterocycles. The van der Waals surface area contributed by atoms with Crippen LogP contribution in [-0.2, 0) is 0 Å². The Morgan fingerprint density at radius 1 is 0.411 bits per heavy atom.